The van der Waals surface area contributed by atoms with Crippen molar-refractivity contribution in [1.82, 2.24) is 14.9 Å². The number of benzene rings is 2. The van der Waals surface area contributed by atoms with Gasteiger partial charge < -0.3 is 10.6 Å². The molecule has 0 radical (unpaired) electrons. The van der Waals surface area contributed by atoms with E-state index in [0.29, 0.717) is 23.1 Å². The highest BCUT2D eigenvalue weighted by Crippen LogP contribution is 2.11. The molecule has 0 spiro atoms. The number of H-pyrrole nitrogens is 1. The maximum absolute atomic E-state index is 12.2. The van der Waals surface area contributed by atoms with Crippen LogP contribution in [0.2, 0.25) is 0 Å². The number of aryl methyl sites for hydroxylation is 1. The third kappa shape index (κ3) is 4.53. The summed E-state index contributed by atoms with van der Waals surface area (Å²) in [6.07, 6.45) is 0.0847. The predicted molar refractivity (Wildman–Crippen MR) is 106 cm³/mol. The van der Waals surface area contributed by atoms with Gasteiger partial charge in [0.1, 0.15) is 0 Å². The second-order valence-electron chi connectivity index (χ2n) is 6.34. The van der Waals surface area contributed by atoms with E-state index >= 15 is 0 Å². The van der Waals surface area contributed by atoms with Gasteiger partial charge in [0.25, 0.3) is 5.56 Å². The van der Waals surface area contributed by atoms with E-state index in [1.807, 2.05) is 6.07 Å². The number of carbonyl (C=O) groups is 2. The van der Waals surface area contributed by atoms with Gasteiger partial charge in [0.2, 0.25) is 11.8 Å². The Morgan fingerprint density at radius 3 is 2.64 bits per heavy atom. The number of nitrogens with one attached hydrogen (secondary N) is 3. The average Bonchev–Trinajstić information content (AvgIpc) is 2.66. The van der Waals surface area contributed by atoms with Crippen LogP contribution in [0.1, 0.15) is 18.9 Å². The molecule has 2 aromatic carbocycles. The van der Waals surface area contributed by atoms with Crippen molar-refractivity contribution in [3.05, 3.63) is 74.9 Å². The summed E-state index contributed by atoms with van der Waals surface area (Å²) in [6, 6.07) is 13.9. The normalized spacial score (nSPS) is 10.6. The summed E-state index contributed by atoms with van der Waals surface area (Å²) in [4.78, 5) is 49.6. The van der Waals surface area contributed by atoms with Crippen LogP contribution in [-0.4, -0.2) is 21.4 Å². The number of hydrogen-bond acceptors (Lipinski definition) is 4. The molecule has 8 nitrogen and oxygen atoms in total. The van der Waals surface area contributed by atoms with E-state index < -0.39 is 11.2 Å². The lowest BCUT2D eigenvalue weighted by atomic mass is 10.2. The zero-order valence-corrected chi connectivity index (χ0v) is 15.3. The molecule has 3 aromatic rings. The number of amides is 2. The van der Waals surface area contributed by atoms with E-state index in [1.165, 1.54) is 11.5 Å². The fraction of sp³-hybridized carbons (Fsp3) is 0.200. The van der Waals surface area contributed by atoms with Crippen molar-refractivity contribution >= 4 is 28.4 Å². The number of anilines is 1. The molecule has 0 saturated carbocycles. The summed E-state index contributed by atoms with van der Waals surface area (Å²) >= 11 is 0. The third-order valence-corrected chi connectivity index (χ3v) is 4.20. The van der Waals surface area contributed by atoms with Crippen molar-refractivity contribution < 1.29 is 9.59 Å². The van der Waals surface area contributed by atoms with Crippen molar-refractivity contribution in [2.45, 2.75) is 26.4 Å². The number of hydrogen-bond donors (Lipinski definition) is 3. The fourth-order valence-corrected chi connectivity index (χ4v) is 2.93. The number of rotatable bonds is 6. The van der Waals surface area contributed by atoms with Gasteiger partial charge in [-0.2, -0.15) is 0 Å². The molecule has 1 heterocycles. The first kappa shape index (κ1) is 19.1. The molecule has 3 N–H and O–H groups in total. The molecule has 0 unspecified atom stereocenters. The summed E-state index contributed by atoms with van der Waals surface area (Å²) in [5.74, 6) is -0.396. The SMILES string of the molecule is CC(=O)Nc1cccc(CNC(=O)CCn2c(=O)[nH]c(=O)c3ccccc32)c1. The Bertz CT molecular complexity index is 1150. The van der Waals surface area contributed by atoms with Crippen LogP contribution in [0.15, 0.2) is 58.1 Å². The first-order chi connectivity index (χ1) is 13.4. The van der Waals surface area contributed by atoms with Crippen molar-refractivity contribution in [3.8, 4) is 0 Å². The molecular weight excluding hydrogens is 360 g/mol. The van der Waals surface area contributed by atoms with E-state index in [0.717, 1.165) is 5.56 Å². The maximum atomic E-state index is 12.2. The van der Waals surface area contributed by atoms with Crippen molar-refractivity contribution in [2.24, 2.45) is 0 Å². The van der Waals surface area contributed by atoms with Crippen LogP contribution in [0.3, 0.4) is 0 Å². The van der Waals surface area contributed by atoms with Crippen LogP contribution in [0, 0.1) is 0 Å². The minimum absolute atomic E-state index is 0.0847. The summed E-state index contributed by atoms with van der Waals surface area (Å²) in [5.41, 5.74) is 1.00. The van der Waals surface area contributed by atoms with Gasteiger partial charge >= 0.3 is 5.69 Å². The molecule has 0 atom stereocenters. The first-order valence-electron chi connectivity index (χ1n) is 8.79. The fourth-order valence-electron chi connectivity index (χ4n) is 2.93. The quantitative estimate of drug-likeness (QED) is 0.599. The maximum Gasteiger partial charge on any atom is 0.328 e. The molecule has 2 amide bonds. The van der Waals surface area contributed by atoms with Gasteiger partial charge in [0.15, 0.2) is 0 Å². The number of carbonyl (C=O) groups excluding carboxylic acids is 2. The van der Waals surface area contributed by atoms with E-state index in [4.69, 9.17) is 0 Å². The minimum Gasteiger partial charge on any atom is -0.352 e. The Kier molecular flexibility index (Phi) is 5.69. The molecule has 8 heteroatoms. The van der Waals surface area contributed by atoms with E-state index in [9.17, 15) is 19.2 Å². The van der Waals surface area contributed by atoms with Crippen molar-refractivity contribution in [3.63, 3.8) is 0 Å². The highest BCUT2D eigenvalue weighted by molar-refractivity contribution is 5.88. The minimum atomic E-state index is -0.542. The molecule has 0 bridgehead atoms. The molecule has 144 valence electrons. The average molecular weight is 380 g/mol. The zero-order valence-electron chi connectivity index (χ0n) is 15.3. The smallest absolute Gasteiger partial charge is 0.328 e. The van der Waals surface area contributed by atoms with Gasteiger partial charge in [-0.05, 0) is 29.8 Å². The first-order valence-corrected chi connectivity index (χ1v) is 8.79. The van der Waals surface area contributed by atoms with Crippen LogP contribution >= 0.6 is 0 Å². The van der Waals surface area contributed by atoms with Gasteiger partial charge in [0, 0.05) is 32.1 Å². The lowest BCUT2D eigenvalue weighted by Gasteiger charge is -2.10. The van der Waals surface area contributed by atoms with Crippen LogP contribution in [-0.2, 0) is 22.7 Å². The number of aromatic nitrogens is 2. The topological polar surface area (TPSA) is 113 Å². The van der Waals surface area contributed by atoms with Gasteiger partial charge in [-0.1, -0.05) is 24.3 Å². The van der Waals surface area contributed by atoms with Crippen LogP contribution in [0.4, 0.5) is 5.69 Å². The summed E-state index contributed by atoms with van der Waals surface area (Å²) in [7, 11) is 0. The molecule has 3 rings (SSSR count). The van der Waals surface area contributed by atoms with Gasteiger partial charge in [-0.15, -0.1) is 0 Å². The second kappa shape index (κ2) is 8.34. The summed E-state index contributed by atoms with van der Waals surface area (Å²) in [6.45, 7) is 1.87. The Morgan fingerprint density at radius 1 is 1.07 bits per heavy atom. The zero-order chi connectivity index (χ0) is 20.1. The van der Waals surface area contributed by atoms with Gasteiger partial charge in [0.05, 0.1) is 10.9 Å². The molecular formula is C20H20N4O4. The highest BCUT2D eigenvalue weighted by Gasteiger charge is 2.09. The van der Waals surface area contributed by atoms with Crippen LogP contribution in [0.25, 0.3) is 10.9 Å². The van der Waals surface area contributed by atoms with Crippen molar-refractivity contribution in [1.29, 1.82) is 0 Å². The standard InChI is InChI=1S/C20H20N4O4/c1-13(25)22-15-6-4-5-14(11-15)12-21-18(26)9-10-24-17-8-3-2-7-16(17)19(27)23-20(24)28/h2-8,11H,9-10,12H2,1H3,(H,21,26)(H,22,25)(H,23,27,28). The van der Waals surface area contributed by atoms with Crippen LogP contribution < -0.4 is 21.9 Å². The number of nitrogens with zero attached hydrogens (tertiary/aromatic N) is 1. The van der Waals surface area contributed by atoms with Gasteiger partial charge in [-0.3, -0.25) is 23.9 Å². The predicted octanol–water partition coefficient (Wildman–Crippen LogP) is 1.35. The van der Waals surface area contributed by atoms with Crippen LogP contribution in [0.5, 0.6) is 0 Å². The molecule has 1 aromatic heterocycles. The number of para-hydroxylation sites is 1. The van der Waals surface area contributed by atoms with Crippen molar-refractivity contribution in [2.75, 3.05) is 5.32 Å². The third-order valence-electron chi connectivity index (χ3n) is 4.20. The summed E-state index contributed by atoms with van der Waals surface area (Å²) in [5, 5.41) is 5.88. The summed E-state index contributed by atoms with van der Waals surface area (Å²) < 4.78 is 1.38. The second-order valence-corrected chi connectivity index (χ2v) is 6.34. The molecule has 28 heavy (non-hydrogen) atoms. The van der Waals surface area contributed by atoms with E-state index in [2.05, 4.69) is 15.6 Å². The lowest BCUT2D eigenvalue weighted by molar-refractivity contribution is -0.121. The Balaban J connectivity index is 1.64. The molecule has 0 aliphatic heterocycles. The molecule has 0 fully saturated rings. The number of fused-ring (bicyclic) bond motifs is 1. The monoisotopic (exact) mass is 380 g/mol. The largest absolute Gasteiger partial charge is 0.352 e. The highest BCUT2D eigenvalue weighted by atomic mass is 16.2. The van der Waals surface area contributed by atoms with Gasteiger partial charge in [-0.25, -0.2) is 4.79 Å². The Labute approximate surface area is 160 Å². The Morgan fingerprint density at radius 2 is 1.86 bits per heavy atom. The molecule has 0 aliphatic carbocycles. The lowest BCUT2D eigenvalue weighted by Crippen LogP contribution is -2.32. The van der Waals surface area contributed by atoms with E-state index in [-0.39, 0.29) is 24.8 Å². The molecule has 0 aliphatic rings. The Hall–Kier alpha value is -3.68. The molecule has 0 saturated heterocycles. The van der Waals surface area contributed by atoms with E-state index in [1.54, 1.807) is 42.5 Å². The number of aromatic amines is 1.